The Morgan fingerprint density at radius 3 is 2.64 bits per heavy atom. The van der Waals surface area contributed by atoms with Gasteiger partial charge >= 0.3 is 0 Å². The molecule has 78 valence electrons. The molecule has 0 amide bonds. The molecule has 1 aromatic rings. The molecule has 0 fully saturated rings. The number of hydrogen-bond acceptors (Lipinski definition) is 4. The SMILES string of the molecule is CCNC(C)CSc1ncc(C)cn1. The Labute approximate surface area is 89.7 Å². The Balaban J connectivity index is 2.34. The maximum atomic E-state index is 4.23. The highest BCUT2D eigenvalue weighted by Gasteiger charge is 2.02. The topological polar surface area (TPSA) is 37.8 Å². The van der Waals surface area contributed by atoms with E-state index in [0.29, 0.717) is 6.04 Å². The average Bonchev–Trinajstić information content (AvgIpc) is 2.17. The van der Waals surface area contributed by atoms with Gasteiger partial charge in [-0.1, -0.05) is 18.7 Å². The summed E-state index contributed by atoms with van der Waals surface area (Å²) < 4.78 is 0. The Hall–Kier alpha value is -0.610. The van der Waals surface area contributed by atoms with E-state index in [0.717, 1.165) is 23.0 Å². The number of nitrogens with one attached hydrogen (secondary N) is 1. The van der Waals surface area contributed by atoms with Gasteiger partial charge in [-0.3, -0.25) is 0 Å². The lowest BCUT2D eigenvalue weighted by Crippen LogP contribution is -2.27. The van der Waals surface area contributed by atoms with E-state index in [1.165, 1.54) is 0 Å². The molecule has 0 aromatic carbocycles. The second-order valence-corrected chi connectivity index (χ2v) is 4.30. The van der Waals surface area contributed by atoms with E-state index in [1.807, 2.05) is 19.3 Å². The second kappa shape index (κ2) is 5.98. The van der Waals surface area contributed by atoms with Crippen LogP contribution >= 0.6 is 11.8 Å². The minimum Gasteiger partial charge on any atom is -0.314 e. The summed E-state index contributed by atoms with van der Waals surface area (Å²) in [5.41, 5.74) is 1.11. The Bertz CT molecular complexity index is 261. The van der Waals surface area contributed by atoms with Crippen LogP contribution < -0.4 is 5.32 Å². The molecule has 0 bridgehead atoms. The van der Waals surface area contributed by atoms with Gasteiger partial charge in [0, 0.05) is 24.2 Å². The summed E-state index contributed by atoms with van der Waals surface area (Å²) in [7, 11) is 0. The number of thioether (sulfide) groups is 1. The molecule has 0 aliphatic carbocycles. The van der Waals surface area contributed by atoms with Crippen molar-refractivity contribution in [3.8, 4) is 0 Å². The van der Waals surface area contributed by atoms with E-state index < -0.39 is 0 Å². The summed E-state index contributed by atoms with van der Waals surface area (Å²) in [6.07, 6.45) is 3.71. The van der Waals surface area contributed by atoms with Crippen molar-refractivity contribution in [3.63, 3.8) is 0 Å². The lowest BCUT2D eigenvalue weighted by Gasteiger charge is -2.10. The predicted octanol–water partition coefficient (Wildman–Crippen LogP) is 1.88. The highest BCUT2D eigenvalue weighted by atomic mass is 32.2. The third kappa shape index (κ3) is 4.07. The maximum absolute atomic E-state index is 4.23. The van der Waals surface area contributed by atoms with Gasteiger partial charge in [-0.15, -0.1) is 0 Å². The molecule has 1 rings (SSSR count). The lowest BCUT2D eigenvalue weighted by molar-refractivity contribution is 0.619. The monoisotopic (exact) mass is 211 g/mol. The van der Waals surface area contributed by atoms with Gasteiger partial charge in [0.05, 0.1) is 0 Å². The van der Waals surface area contributed by atoms with E-state index in [9.17, 15) is 0 Å². The molecule has 0 aliphatic heterocycles. The van der Waals surface area contributed by atoms with Gasteiger partial charge in [0.1, 0.15) is 0 Å². The van der Waals surface area contributed by atoms with E-state index in [-0.39, 0.29) is 0 Å². The average molecular weight is 211 g/mol. The molecular weight excluding hydrogens is 194 g/mol. The summed E-state index contributed by atoms with van der Waals surface area (Å²) >= 11 is 1.69. The summed E-state index contributed by atoms with van der Waals surface area (Å²) in [5, 5.41) is 4.21. The van der Waals surface area contributed by atoms with E-state index >= 15 is 0 Å². The maximum Gasteiger partial charge on any atom is 0.187 e. The molecular formula is C10H17N3S. The van der Waals surface area contributed by atoms with Crippen molar-refractivity contribution in [1.29, 1.82) is 0 Å². The fourth-order valence-corrected chi connectivity index (χ4v) is 1.83. The molecule has 3 nitrogen and oxygen atoms in total. The first-order chi connectivity index (χ1) is 6.72. The van der Waals surface area contributed by atoms with Crippen LogP contribution in [-0.2, 0) is 0 Å². The standard InChI is InChI=1S/C10H17N3S/c1-4-11-9(3)7-14-10-12-5-8(2)6-13-10/h5-6,9,11H,4,7H2,1-3H3. The van der Waals surface area contributed by atoms with Gasteiger partial charge in [-0.25, -0.2) is 9.97 Å². The van der Waals surface area contributed by atoms with Crippen LogP contribution in [0, 0.1) is 6.92 Å². The number of hydrogen-bond donors (Lipinski definition) is 1. The summed E-state index contributed by atoms with van der Waals surface area (Å²) in [6, 6.07) is 0.509. The minimum absolute atomic E-state index is 0.509. The van der Waals surface area contributed by atoms with Crippen LogP contribution in [0.1, 0.15) is 19.4 Å². The number of aryl methyl sites for hydroxylation is 1. The molecule has 1 heterocycles. The molecule has 0 saturated heterocycles. The van der Waals surface area contributed by atoms with Crippen molar-refractivity contribution < 1.29 is 0 Å². The molecule has 0 spiro atoms. The van der Waals surface area contributed by atoms with Gasteiger partial charge in [-0.2, -0.15) is 0 Å². The van der Waals surface area contributed by atoms with Crippen LogP contribution in [0.4, 0.5) is 0 Å². The zero-order valence-electron chi connectivity index (χ0n) is 8.95. The number of aromatic nitrogens is 2. The first-order valence-corrected chi connectivity index (χ1v) is 5.85. The number of rotatable bonds is 5. The van der Waals surface area contributed by atoms with E-state index in [4.69, 9.17) is 0 Å². The highest BCUT2D eigenvalue weighted by molar-refractivity contribution is 7.99. The van der Waals surface area contributed by atoms with Crippen molar-refractivity contribution in [2.75, 3.05) is 12.3 Å². The Morgan fingerprint density at radius 2 is 2.07 bits per heavy atom. The smallest absolute Gasteiger partial charge is 0.187 e. The van der Waals surface area contributed by atoms with Gasteiger partial charge in [-0.05, 0) is 26.0 Å². The zero-order valence-corrected chi connectivity index (χ0v) is 9.77. The van der Waals surface area contributed by atoms with Crippen LogP contribution in [-0.4, -0.2) is 28.3 Å². The summed E-state index contributed by atoms with van der Waals surface area (Å²) in [5.74, 6) is 1.01. The van der Waals surface area contributed by atoms with Crippen LogP contribution in [0.25, 0.3) is 0 Å². The summed E-state index contributed by atoms with van der Waals surface area (Å²) in [4.78, 5) is 8.47. The van der Waals surface area contributed by atoms with Gasteiger partial charge in [0.15, 0.2) is 5.16 Å². The quantitative estimate of drug-likeness (QED) is 0.596. The normalized spacial score (nSPS) is 12.8. The van der Waals surface area contributed by atoms with Crippen molar-refractivity contribution in [2.24, 2.45) is 0 Å². The molecule has 4 heteroatoms. The van der Waals surface area contributed by atoms with Crippen LogP contribution in [0.5, 0.6) is 0 Å². The van der Waals surface area contributed by atoms with Crippen LogP contribution in [0.2, 0.25) is 0 Å². The van der Waals surface area contributed by atoms with E-state index in [1.54, 1.807) is 11.8 Å². The zero-order chi connectivity index (χ0) is 10.4. The van der Waals surface area contributed by atoms with E-state index in [2.05, 4.69) is 29.1 Å². The highest BCUT2D eigenvalue weighted by Crippen LogP contribution is 2.12. The molecule has 0 aliphatic rings. The van der Waals surface area contributed by atoms with Gasteiger partial charge < -0.3 is 5.32 Å². The second-order valence-electron chi connectivity index (χ2n) is 3.31. The lowest BCUT2D eigenvalue weighted by atomic mass is 10.4. The fraction of sp³-hybridized carbons (Fsp3) is 0.600. The fourth-order valence-electron chi connectivity index (χ4n) is 1.06. The third-order valence-electron chi connectivity index (χ3n) is 1.77. The predicted molar refractivity (Wildman–Crippen MR) is 60.6 cm³/mol. The molecule has 1 atom stereocenters. The molecule has 0 saturated carbocycles. The number of nitrogens with zero attached hydrogens (tertiary/aromatic N) is 2. The molecule has 1 aromatic heterocycles. The molecule has 0 radical (unpaired) electrons. The molecule has 14 heavy (non-hydrogen) atoms. The largest absolute Gasteiger partial charge is 0.314 e. The van der Waals surface area contributed by atoms with Crippen molar-refractivity contribution in [3.05, 3.63) is 18.0 Å². The third-order valence-corrected chi connectivity index (χ3v) is 2.91. The summed E-state index contributed by atoms with van der Waals surface area (Å²) in [6.45, 7) is 7.29. The minimum atomic E-state index is 0.509. The van der Waals surface area contributed by atoms with Gasteiger partial charge in [0.2, 0.25) is 0 Å². The molecule has 1 unspecified atom stereocenters. The molecule has 1 N–H and O–H groups in total. The van der Waals surface area contributed by atoms with Crippen LogP contribution in [0.15, 0.2) is 17.6 Å². The Kier molecular flexibility index (Phi) is 4.90. The van der Waals surface area contributed by atoms with Crippen molar-refractivity contribution >= 4 is 11.8 Å². The van der Waals surface area contributed by atoms with Crippen LogP contribution in [0.3, 0.4) is 0 Å². The first kappa shape index (κ1) is 11.5. The Morgan fingerprint density at radius 1 is 1.43 bits per heavy atom. The van der Waals surface area contributed by atoms with Gasteiger partial charge in [0.25, 0.3) is 0 Å². The van der Waals surface area contributed by atoms with Crippen molar-refractivity contribution in [2.45, 2.75) is 32.0 Å². The van der Waals surface area contributed by atoms with Crippen molar-refractivity contribution in [1.82, 2.24) is 15.3 Å². The first-order valence-electron chi connectivity index (χ1n) is 4.87.